The van der Waals surface area contributed by atoms with E-state index >= 15 is 0 Å². The quantitative estimate of drug-likeness (QED) is 0.215. The Morgan fingerprint density at radius 2 is 1.73 bits per heavy atom. The van der Waals surface area contributed by atoms with Gasteiger partial charge in [0.2, 0.25) is 0 Å². The molecule has 0 spiro atoms. The summed E-state index contributed by atoms with van der Waals surface area (Å²) >= 11 is 0. The van der Waals surface area contributed by atoms with Gasteiger partial charge in [-0.3, -0.25) is 14.3 Å². The molecule has 172 valence electrons. The predicted octanol–water partition coefficient (Wildman–Crippen LogP) is -0.859. The maximum atomic E-state index is 15.0. The highest BCUT2D eigenvalue weighted by molar-refractivity contribution is 7.66. The third-order valence-corrected chi connectivity index (χ3v) is 7.45. The summed E-state index contributed by atoms with van der Waals surface area (Å²) in [6.45, 7) is -0.326. The summed E-state index contributed by atoms with van der Waals surface area (Å²) in [5, 5.41) is 10.1. The van der Waals surface area contributed by atoms with Crippen molar-refractivity contribution in [1.29, 1.82) is 0 Å². The molecule has 1 aromatic heterocycles. The average molecular weight is 500 g/mol. The summed E-state index contributed by atoms with van der Waals surface area (Å²) in [5.74, 6) is -4.36. The van der Waals surface area contributed by atoms with Crippen LogP contribution in [0.3, 0.4) is 0 Å². The highest BCUT2D eigenvalue weighted by atomic mass is 31.3. The van der Waals surface area contributed by atoms with E-state index in [0.29, 0.717) is 0 Å². The van der Waals surface area contributed by atoms with Crippen molar-refractivity contribution < 1.29 is 60.6 Å². The van der Waals surface area contributed by atoms with Gasteiger partial charge in [-0.15, -0.1) is 0 Å². The largest absolute Gasteiger partial charge is 0.490 e. The van der Waals surface area contributed by atoms with Crippen LogP contribution >= 0.6 is 23.5 Å². The van der Waals surface area contributed by atoms with Gasteiger partial charge in [-0.25, -0.2) is 22.9 Å². The van der Waals surface area contributed by atoms with E-state index in [4.69, 9.17) is 19.4 Å². The van der Waals surface area contributed by atoms with Gasteiger partial charge >= 0.3 is 29.2 Å². The third-order valence-electron chi connectivity index (χ3n) is 3.67. The van der Waals surface area contributed by atoms with Crippen LogP contribution < -0.4 is 11.2 Å². The molecular formula is C10H16FN2O14P3. The van der Waals surface area contributed by atoms with Crippen LogP contribution in [0.25, 0.3) is 0 Å². The predicted molar refractivity (Wildman–Crippen MR) is 90.3 cm³/mol. The molecule has 0 saturated carbocycles. The second-order valence-electron chi connectivity index (χ2n) is 6.04. The van der Waals surface area contributed by atoms with E-state index in [2.05, 4.69) is 18.1 Å². The molecule has 6 atom stereocenters. The summed E-state index contributed by atoms with van der Waals surface area (Å²) in [6.07, 6.45) is -3.46. The van der Waals surface area contributed by atoms with E-state index < -0.39 is 65.3 Å². The fourth-order valence-electron chi connectivity index (χ4n) is 2.53. The first-order valence-electron chi connectivity index (χ1n) is 7.60. The molecule has 1 fully saturated rings. The number of aromatic nitrogens is 2. The van der Waals surface area contributed by atoms with E-state index in [-0.39, 0.29) is 5.69 Å². The lowest BCUT2D eigenvalue weighted by Crippen LogP contribution is -2.40. The van der Waals surface area contributed by atoms with Crippen LogP contribution in [0.5, 0.6) is 0 Å². The van der Waals surface area contributed by atoms with Gasteiger partial charge in [-0.2, -0.15) is 8.62 Å². The van der Waals surface area contributed by atoms with Gasteiger partial charge < -0.3 is 34.4 Å². The molecule has 1 aromatic rings. The second-order valence-corrected chi connectivity index (χ2v) is 10.5. The van der Waals surface area contributed by atoms with Crippen molar-refractivity contribution in [3.63, 3.8) is 0 Å². The van der Waals surface area contributed by atoms with E-state index in [1.807, 2.05) is 4.98 Å². The molecule has 20 heteroatoms. The van der Waals surface area contributed by atoms with Crippen molar-refractivity contribution in [3.8, 4) is 0 Å². The number of phosphoric ester groups is 1. The molecule has 1 saturated heterocycles. The Kier molecular flexibility index (Phi) is 7.11. The first kappa shape index (κ1) is 25.2. The van der Waals surface area contributed by atoms with Crippen molar-refractivity contribution in [3.05, 3.63) is 32.6 Å². The van der Waals surface area contributed by atoms with Crippen molar-refractivity contribution in [2.75, 3.05) is 6.61 Å². The first-order chi connectivity index (χ1) is 13.4. The number of hydrogen-bond acceptors (Lipinski definition) is 10. The van der Waals surface area contributed by atoms with E-state index in [9.17, 15) is 37.7 Å². The number of H-pyrrole nitrogens is 2. The number of ether oxygens (including phenoxy) is 1. The molecule has 1 aliphatic heterocycles. The highest BCUT2D eigenvalue weighted by Gasteiger charge is 2.56. The molecule has 2 heterocycles. The van der Waals surface area contributed by atoms with E-state index in [1.54, 1.807) is 0 Å². The molecule has 0 aliphatic carbocycles. The Morgan fingerprint density at radius 1 is 1.13 bits per heavy atom. The molecular weight excluding hydrogens is 484 g/mol. The number of aliphatic hydroxyl groups is 1. The summed E-state index contributed by atoms with van der Waals surface area (Å²) in [4.78, 5) is 62.1. The third kappa shape index (κ3) is 6.47. The maximum absolute atomic E-state index is 15.0. The van der Waals surface area contributed by atoms with Gasteiger partial charge in [-0.05, 0) is 0 Å². The Balaban J connectivity index is 2.14. The fourth-order valence-corrected chi connectivity index (χ4v) is 5.56. The summed E-state index contributed by atoms with van der Waals surface area (Å²) in [6, 6.07) is 0.851. The van der Waals surface area contributed by atoms with Crippen LogP contribution in [0.15, 0.2) is 15.7 Å². The van der Waals surface area contributed by atoms with Gasteiger partial charge in [0.1, 0.15) is 18.8 Å². The van der Waals surface area contributed by atoms with Crippen molar-refractivity contribution in [2.45, 2.75) is 25.0 Å². The number of aromatic amines is 2. The molecule has 7 N–H and O–H groups in total. The van der Waals surface area contributed by atoms with Crippen molar-refractivity contribution >= 4 is 23.5 Å². The molecule has 30 heavy (non-hydrogen) atoms. The number of alkyl halides is 1. The zero-order chi connectivity index (χ0) is 23.1. The smallest absolute Gasteiger partial charge is 0.387 e. The van der Waals surface area contributed by atoms with Crippen LogP contribution in [0, 0.1) is 5.92 Å². The molecule has 0 amide bonds. The number of nitrogens with one attached hydrogen (secondary N) is 2. The molecule has 16 nitrogen and oxygen atoms in total. The second kappa shape index (κ2) is 8.47. The Morgan fingerprint density at radius 3 is 2.27 bits per heavy atom. The molecule has 2 unspecified atom stereocenters. The van der Waals surface area contributed by atoms with Crippen molar-refractivity contribution in [1.82, 2.24) is 9.97 Å². The van der Waals surface area contributed by atoms with Crippen LogP contribution in [0.2, 0.25) is 0 Å². The minimum Gasteiger partial charge on any atom is -0.387 e. The fraction of sp³-hybridized carbons (Fsp3) is 0.600. The average Bonchev–Trinajstić information content (AvgIpc) is 2.74. The van der Waals surface area contributed by atoms with E-state index in [1.165, 1.54) is 6.92 Å². The summed E-state index contributed by atoms with van der Waals surface area (Å²) in [5.41, 5.74) is -2.04. The molecule has 0 radical (unpaired) electrons. The van der Waals surface area contributed by atoms with Gasteiger partial charge in [0.25, 0.3) is 11.4 Å². The van der Waals surface area contributed by atoms with Crippen LogP contribution in [-0.2, 0) is 31.6 Å². The maximum Gasteiger partial charge on any atom is 0.490 e. The first-order valence-corrected chi connectivity index (χ1v) is 12.1. The topological polar surface area (TPSA) is 255 Å². The SMILES string of the molecule is C[C@H]1[C@H](c2cc(=O)[nH]c(=O)[nH]2)O[C@](F)(COP(=O)(O)OP(=O)(O)OP(=O)(O)O)[C@H]1O. The van der Waals surface area contributed by atoms with Gasteiger partial charge in [-0.1, -0.05) is 6.92 Å². The molecule has 0 bridgehead atoms. The van der Waals surface area contributed by atoms with Crippen LogP contribution in [0.1, 0.15) is 18.7 Å². The normalized spacial score (nSPS) is 31.2. The molecule has 2 rings (SSSR count). The number of phosphoric acid groups is 3. The zero-order valence-electron chi connectivity index (χ0n) is 14.6. The standard InChI is InChI=1S/C10H16FN2O14P3/c1-4-7(5-2-6(14)13-9(16)12-5)25-10(11,8(4)15)3-24-29(20,21)27-30(22,23)26-28(17,18)19/h2,4,7-8,15H,3H2,1H3,(H,20,21)(H,22,23)(H2,17,18,19)(H2,12,13,14,16)/t4-,7+,8-,10+/m0/s1. The number of hydrogen-bond donors (Lipinski definition) is 7. The lowest BCUT2D eigenvalue weighted by molar-refractivity contribution is -0.194. The molecule has 1 aliphatic rings. The van der Waals surface area contributed by atoms with Crippen LogP contribution in [0.4, 0.5) is 4.39 Å². The van der Waals surface area contributed by atoms with Crippen LogP contribution in [-0.4, -0.2) is 53.2 Å². The number of halogens is 1. The van der Waals surface area contributed by atoms with Gasteiger partial charge in [0.15, 0.2) is 0 Å². The minimum atomic E-state index is -5.82. The monoisotopic (exact) mass is 500 g/mol. The Bertz CT molecular complexity index is 1020. The molecule has 0 aromatic carbocycles. The van der Waals surface area contributed by atoms with E-state index in [0.717, 1.165) is 6.07 Å². The number of aliphatic hydroxyl groups excluding tert-OH is 1. The minimum absolute atomic E-state index is 0.229. The summed E-state index contributed by atoms with van der Waals surface area (Å²) in [7, 11) is -17.1. The number of rotatable bonds is 8. The lowest BCUT2D eigenvalue weighted by atomic mass is 9.95. The highest BCUT2D eigenvalue weighted by Crippen LogP contribution is 2.66. The Hall–Kier alpha value is -1.06. The van der Waals surface area contributed by atoms with Gasteiger partial charge in [0.05, 0.1) is 5.69 Å². The Labute approximate surface area is 165 Å². The van der Waals surface area contributed by atoms with Gasteiger partial charge in [0, 0.05) is 12.0 Å². The van der Waals surface area contributed by atoms with Crippen molar-refractivity contribution in [2.24, 2.45) is 5.92 Å². The summed E-state index contributed by atoms with van der Waals surface area (Å²) < 4.78 is 64.5. The lowest BCUT2D eigenvalue weighted by Gasteiger charge is -2.24. The zero-order valence-corrected chi connectivity index (χ0v) is 17.3.